The van der Waals surface area contributed by atoms with Crippen LogP contribution in [0.1, 0.15) is 5.69 Å². The van der Waals surface area contributed by atoms with Gasteiger partial charge in [-0.3, -0.25) is 9.89 Å². The molecule has 120 valence electrons. The number of hydrogen-bond donors (Lipinski definition) is 1. The fourth-order valence-electron chi connectivity index (χ4n) is 2.69. The number of nitrogens with zero attached hydrogens (tertiary/aromatic N) is 2. The van der Waals surface area contributed by atoms with Crippen LogP contribution in [0.25, 0.3) is 27.2 Å². The molecule has 1 aromatic carbocycles. The number of thiophene rings is 1. The summed E-state index contributed by atoms with van der Waals surface area (Å²) >= 11 is 1.64. The summed E-state index contributed by atoms with van der Waals surface area (Å²) in [7, 11) is 1.59. The van der Waals surface area contributed by atoms with Crippen molar-refractivity contribution < 1.29 is 4.74 Å². The lowest BCUT2D eigenvalue weighted by molar-refractivity contribution is 0.181. The van der Waals surface area contributed by atoms with Crippen LogP contribution in [0.3, 0.4) is 0 Å². The second-order valence-corrected chi connectivity index (χ2v) is 6.34. The molecule has 6 heteroatoms. The molecule has 3 heterocycles. The van der Waals surface area contributed by atoms with Gasteiger partial charge in [0.05, 0.1) is 17.9 Å². The molecule has 0 atom stereocenters. The smallest absolute Gasteiger partial charge is 0.272 e. The third-order valence-electron chi connectivity index (χ3n) is 3.81. The number of ether oxygens (including phenoxy) is 1. The van der Waals surface area contributed by atoms with E-state index in [2.05, 4.69) is 33.7 Å². The van der Waals surface area contributed by atoms with Crippen molar-refractivity contribution in [2.75, 3.05) is 7.11 Å². The molecule has 0 unspecified atom stereocenters. The van der Waals surface area contributed by atoms with Crippen LogP contribution in [-0.2, 0) is 11.3 Å². The zero-order chi connectivity index (χ0) is 16.5. The van der Waals surface area contributed by atoms with E-state index in [0.29, 0.717) is 17.9 Å². The van der Waals surface area contributed by atoms with Crippen molar-refractivity contribution in [1.82, 2.24) is 14.6 Å². The number of aromatic nitrogens is 3. The van der Waals surface area contributed by atoms with Crippen LogP contribution in [-0.4, -0.2) is 21.7 Å². The van der Waals surface area contributed by atoms with E-state index in [1.165, 1.54) is 16.1 Å². The maximum absolute atomic E-state index is 12.2. The highest BCUT2D eigenvalue weighted by molar-refractivity contribution is 7.14. The van der Waals surface area contributed by atoms with Gasteiger partial charge in [0, 0.05) is 24.3 Å². The third-order valence-corrected chi connectivity index (χ3v) is 4.78. The summed E-state index contributed by atoms with van der Waals surface area (Å²) in [5, 5.41) is 5.10. The van der Waals surface area contributed by atoms with Crippen LogP contribution < -0.4 is 5.56 Å². The SMILES string of the molecule is COCc1cc(=O)n2[nH]cc(-c3cc(-c4ccccc4)cs3)c2n1. The van der Waals surface area contributed by atoms with Crippen LogP contribution in [0.4, 0.5) is 0 Å². The number of nitrogens with one attached hydrogen (secondary N) is 1. The number of hydrogen-bond acceptors (Lipinski definition) is 4. The highest BCUT2D eigenvalue weighted by atomic mass is 32.1. The molecule has 0 aliphatic rings. The Morgan fingerprint density at radius 3 is 2.83 bits per heavy atom. The number of rotatable bonds is 4. The van der Waals surface area contributed by atoms with Crippen molar-refractivity contribution in [2.45, 2.75) is 6.61 Å². The molecule has 0 spiro atoms. The molecule has 0 bridgehead atoms. The van der Waals surface area contributed by atoms with Gasteiger partial charge in [0.1, 0.15) is 0 Å². The van der Waals surface area contributed by atoms with Gasteiger partial charge >= 0.3 is 0 Å². The first kappa shape index (κ1) is 14.9. The van der Waals surface area contributed by atoms with E-state index < -0.39 is 0 Å². The van der Waals surface area contributed by atoms with E-state index in [-0.39, 0.29) is 5.56 Å². The average molecular weight is 337 g/mol. The first-order valence-electron chi connectivity index (χ1n) is 7.49. The maximum atomic E-state index is 12.2. The van der Waals surface area contributed by atoms with Crippen molar-refractivity contribution in [1.29, 1.82) is 0 Å². The zero-order valence-corrected chi connectivity index (χ0v) is 13.8. The highest BCUT2D eigenvalue weighted by Gasteiger charge is 2.13. The summed E-state index contributed by atoms with van der Waals surface area (Å²) in [5.41, 5.74) is 4.35. The summed E-state index contributed by atoms with van der Waals surface area (Å²) in [6.07, 6.45) is 1.82. The van der Waals surface area contributed by atoms with Gasteiger partial charge in [0.15, 0.2) is 5.65 Å². The van der Waals surface area contributed by atoms with Crippen LogP contribution in [0.2, 0.25) is 0 Å². The predicted octanol–water partition coefficient (Wildman–Crippen LogP) is 3.56. The largest absolute Gasteiger partial charge is 0.378 e. The van der Waals surface area contributed by atoms with Gasteiger partial charge in [-0.2, -0.15) is 0 Å². The van der Waals surface area contributed by atoms with Crippen molar-refractivity contribution in [3.8, 4) is 21.6 Å². The minimum absolute atomic E-state index is 0.141. The number of methoxy groups -OCH3 is 1. The number of benzene rings is 1. The Morgan fingerprint density at radius 1 is 1.21 bits per heavy atom. The number of aromatic amines is 1. The molecule has 0 saturated heterocycles. The predicted molar refractivity (Wildman–Crippen MR) is 95.3 cm³/mol. The van der Waals surface area contributed by atoms with Gasteiger partial charge < -0.3 is 4.74 Å². The molecule has 24 heavy (non-hydrogen) atoms. The quantitative estimate of drug-likeness (QED) is 0.619. The molecule has 4 aromatic rings. The van der Waals surface area contributed by atoms with Gasteiger partial charge in [-0.25, -0.2) is 9.50 Å². The van der Waals surface area contributed by atoms with Gasteiger partial charge in [-0.05, 0) is 22.6 Å². The summed E-state index contributed by atoms with van der Waals surface area (Å²) in [5.74, 6) is 0. The summed E-state index contributed by atoms with van der Waals surface area (Å²) in [6.45, 7) is 0.316. The van der Waals surface area contributed by atoms with Gasteiger partial charge in [-0.15, -0.1) is 11.3 Å². The lowest BCUT2D eigenvalue weighted by Crippen LogP contribution is -2.15. The summed E-state index contributed by atoms with van der Waals surface area (Å²) in [4.78, 5) is 17.8. The van der Waals surface area contributed by atoms with Crippen molar-refractivity contribution in [3.63, 3.8) is 0 Å². The second kappa shape index (κ2) is 6.07. The van der Waals surface area contributed by atoms with E-state index >= 15 is 0 Å². The number of fused-ring (bicyclic) bond motifs is 1. The lowest BCUT2D eigenvalue weighted by atomic mass is 10.1. The molecule has 0 aliphatic heterocycles. The standard InChI is InChI=1S/C18H15N3O2S/c1-23-10-14-8-17(22)21-18(20-14)15(9-19-21)16-7-13(11-24-16)12-5-3-2-4-6-12/h2-9,11,19H,10H2,1H3. The molecular weight excluding hydrogens is 322 g/mol. The third kappa shape index (κ3) is 2.55. The topological polar surface area (TPSA) is 59.4 Å². The monoisotopic (exact) mass is 337 g/mol. The molecule has 3 aromatic heterocycles. The van der Waals surface area contributed by atoms with Crippen LogP contribution >= 0.6 is 11.3 Å². The molecule has 5 nitrogen and oxygen atoms in total. The first-order valence-corrected chi connectivity index (χ1v) is 8.37. The fraction of sp³-hybridized carbons (Fsp3) is 0.111. The normalized spacial score (nSPS) is 11.2. The minimum Gasteiger partial charge on any atom is -0.378 e. The molecule has 0 fully saturated rings. The van der Waals surface area contributed by atoms with Crippen molar-refractivity contribution in [3.05, 3.63) is 70.1 Å². The maximum Gasteiger partial charge on any atom is 0.272 e. The van der Waals surface area contributed by atoms with Gasteiger partial charge in [0.25, 0.3) is 5.56 Å². The molecular formula is C18H15N3O2S. The average Bonchev–Trinajstić information content (AvgIpc) is 3.23. The van der Waals surface area contributed by atoms with E-state index in [9.17, 15) is 4.79 Å². The van der Waals surface area contributed by atoms with Gasteiger partial charge in [-0.1, -0.05) is 30.3 Å². The molecule has 1 N–H and O–H groups in total. The molecule has 4 rings (SSSR count). The lowest BCUT2D eigenvalue weighted by Gasteiger charge is -2.00. The zero-order valence-electron chi connectivity index (χ0n) is 13.0. The van der Waals surface area contributed by atoms with E-state index in [4.69, 9.17) is 4.74 Å². The van der Waals surface area contributed by atoms with Crippen LogP contribution in [0, 0.1) is 0 Å². The van der Waals surface area contributed by atoms with Crippen LogP contribution in [0.5, 0.6) is 0 Å². The molecule has 0 amide bonds. The summed E-state index contributed by atoms with van der Waals surface area (Å²) < 4.78 is 6.55. The molecule has 0 radical (unpaired) electrons. The summed E-state index contributed by atoms with van der Waals surface area (Å²) in [6, 6.07) is 13.8. The Bertz CT molecular complexity index is 1050. The Morgan fingerprint density at radius 2 is 2.04 bits per heavy atom. The van der Waals surface area contributed by atoms with E-state index in [1.807, 2.05) is 24.4 Å². The minimum atomic E-state index is -0.141. The number of H-pyrrole nitrogens is 1. The highest BCUT2D eigenvalue weighted by Crippen LogP contribution is 2.33. The Hall–Kier alpha value is -2.70. The van der Waals surface area contributed by atoms with Crippen LogP contribution in [0.15, 0.2) is 58.8 Å². The molecule has 0 aliphatic carbocycles. The van der Waals surface area contributed by atoms with Gasteiger partial charge in [0.2, 0.25) is 0 Å². The van der Waals surface area contributed by atoms with Crippen molar-refractivity contribution in [2.24, 2.45) is 0 Å². The Balaban J connectivity index is 1.82. The second-order valence-electron chi connectivity index (χ2n) is 5.43. The Kier molecular flexibility index (Phi) is 3.76. The Labute approximate surface area is 142 Å². The van der Waals surface area contributed by atoms with Crippen molar-refractivity contribution >= 4 is 17.0 Å². The van der Waals surface area contributed by atoms with E-state index in [0.717, 1.165) is 16.0 Å². The molecule has 0 saturated carbocycles. The van der Waals surface area contributed by atoms with E-state index in [1.54, 1.807) is 18.4 Å². The fourth-order valence-corrected chi connectivity index (χ4v) is 3.62. The first-order chi connectivity index (χ1) is 11.8.